The average molecular weight is 235 g/mol. The van der Waals surface area contributed by atoms with E-state index in [4.69, 9.17) is 10.8 Å². The van der Waals surface area contributed by atoms with Gasteiger partial charge in [0.1, 0.15) is 11.8 Å². The molecule has 0 amide bonds. The summed E-state index contributed by atoms with van der Waals surface area (Å²) in [6, 6.07) is 0.136. The van der Waals surface area contributed by atoms with Gasteiger partial charge >= 0.3 is 0 Å². The van der Waals surface area contributed by atoms with Gasteiger partial charge in [-0.15, -0.1) is 0 Å². The lowest BCUT2D eigenvalue weighted by Crippen LogP contribution is -2.16. The second-order valence-corrected chi connectivity index (χ2v) is 4.30. The van der Waals surface area contributed by atoms with E-state index in [1.807, 2.05) is 4.57 Å². The van der Waals surface area contributed by atoms with Crippen LogP contribution in [-0.4, -0.2) is 42.4 Å². The lowest BCUT2D eigenvalue weighted by atomic mass is 10.2. The molecular formula is C10H13N5O2. The minimum atomic E-state index is -0.684. The number of rotatable bonds is 3. The Kier molecular flexibility index (Phi) is 2.23. The molecule has 0 aliphatic heterocycles. The zero-order chi connectivity index (χ0) is 12.0. The lowest BCUT2D eigenvalue weighted by Gasteiger charge is -2.06. The summed E-state index contributed by atoms with van der Waals surface area (Å²) in [5.41, 5.74) is 6.95. The van der Waals surface area contributed by atoms with E-state index in [1.54, 1.807) is 6.33 Å². The Hall–Kier alpha value is -1.73. The molecule has 1 aliphatic rings. The molecule has 17 heavy (non-hydrogen) atoms. The third kappa shape index (κ3) is 1.55. The molecular weight excluding hydrogens is 222 g/mol. The van der Waals surface area contributed by atoms with Crippen LogP contribution in [0.3, 0.4) is 0 Å². The van der Waals surface area contributed by atoms with E-state index in [1.165, 1.54) is 6.33 Å². The molecule has 3 rings (SSSR count). The molecule has 1 saturated carbocycles. The van der Waals surface area contributed by atoms with Crippen molar-refractivity contribution in [1.29, 1.82) is 0 Å². The molecule has 2 aromatic heterocycles. The normalized spacial score (nSPS) is 25.1. The molecule has 1 aliphatic carbocycles. The fraction of sp³-hybridized carbons (Fsp3) is 0.500. The van der Waals surface area contributed by atoms with E-state index in [0.29, 0.717) is 17.0 Å². The molecule has 3 atom stereocenters. The van der Waals surface area contributed by atoms with Gasteiger partial charge in [0.2, 0.25) is 0 Å². The second kappa shape index (κ2) is 3.64. The van der Waals surface area contributed by atoms with E-state index in [0.717, 1.165) is 6.42 Å². The van der Waals surface area contributed by atoms with E-state index in [2.05, 4.69) is 15.0 Å². The Balaban J connectivity index is 1.95. The maximum atomic E-state index is 9.55. The molecule has 2 aromatic rings. The van der Waals surface area contributed by atoms with Crippen molar-refractivity contribution in [1.82, 2.24) is 19.5 Å². The molecule has 90 valence electrons. The Labute approximate surface area is 96.9 Å². The number of nitrogen functional groups attached to an aromatic ring is 1. The van der Waals surface area contributed by atoms with Crippen molar-refractivity contribution >= 4 is 17.0 Å². The number of hydrogen-bond acceptors (Lipinski definition) is 6. The topological polar surface area (TPSA) is 110 Å². The van der Waals surface area contributed by atoms with Gasteiger partial charge in [-0.25, -0.2) is 15.0 Å². The summed E-state index contributed by atoms with van der Waals surface area (Å²) in [5, 5.41) is 18.4. The van der Waals surface area contributed by atoms with Crippen LogP contribution in [0.25, 0.3) is 11.2 Å². The summed E-state index contributed by atoms with van der Waals surface area (Å²) in [4.78, 5) is 12.2. The lowest BCUT2D eigenvalue weighted by molar-refractivity contribution is 0.0742. The van der Waals surface area contributed by atoms with Crippen LogP contribution in [0, 0.1) is 5.92 Å². The van der Waals surface area contributed by atoms with Gasteiger partial charge in [0.25, 0.3) is 0 Å². The number of aliphatic hydroxyl groups excluding tert-OH is 2. The van der Waals surface area contributed by atoms with Crippen LogP contribution < -0.4 is 5.73 Å². The number of aliphatic hydroxyl groups is 2. The SMILES string of the molecule is Nc1ncnc2c1ncn2[C@H]1C[C@H]1[C@H](O)CO. The molecule has 0 saturated heterocycles. The highest BCUT2D eigenvalue weighted by molar-refractivity contribution is 5.81. The predicted molar refractivity (Wildman–Crippen MR) is 60.0 cm³/mol. The van der Waals surface area contributed by atoms with Crippen LogP contribution in [0.5, 0.6) is 0 Å². The van der Waals surface area contributed by atoms with Crippen molar-refractivity contribution in [2.75, 3.05) is 12.3 Å². The van der Waals surface area contributed by atoms with E-state index in [9.17, 15) is 5.11 Å². The third-order valence-corrected chi connectivity index (χ3v) is 3.23. The molecule has 0 spiro atoms. The molecule has 7 nitrogen and oxygen atoms in total. The maximum absolute atomic E-state index is 9.55. The van der Waals surface area contributed by atoms with Gasteiger partial charge < -0.3 is 20.5 Å². The minimum Gasteiger partial charge on any atom is -0.394 e. The Morgan fingerprint density at radius 3 is 3.06 bits per heavy atom. The van der Waals surface area contributed by atoms with Crippen molar-refractivity contribution in [3.8, 4) is 0 Å². The molecule has 2 heterocycles. The number of hydrogen-bond donors (Lipinski definition) is 3. The van der Waals surface area contributed by atoms with E-state index >= 15 is 0 Å². The fourth-order valence-electron chi connectivity index (χ4n) is 2.18. The first-order chi connectivity index (χ1) is 8.22. The molecule has 1 fully saturated rings. The largest absolute Gasteiger partial charge is 0.394 e. The molecule has 4 N–H and O–H groups in total. The van der Waals surface area contributed by atoms with Crippen molar-refractivity contribution in [3.05, 3.63) is 12.7 Å². The van der Waals surface area contributed by atoms with Gasteiger partial charge in [-0.05, 0) is 6.42 Å². The predicted octanol–water partition coefficient (Wildman–Crippen LogP) is -0.677. The number of nitrogens with zero attached hydrogens (tertiary/aromatic N) is 4. The van der Waals surface area contributed by atoms with Crippen molar-refractivity contribution < 1.29 is 10.2 Å². The van der Waals surface area contributed by atoms with Gasteiger partial charge in [-0.1, -0.05) is 0 Å². The number of aromatic nitrogens is 4. The number of imidazole rings is 1. The summed E-state index contributed by atoms with van der Waals surface area (Å²) in [6.45, 7) is -0.217. The molecule has 7 heteroatoms. The van der Waals surface area contributed by atoms with E-state index in [-0.39, 0.29) is 18.6 Å². The average Bonchev–Trinajstić information content (AvgIpc) is 3.01. The van der Waals surface area contributed by atoms with Crippen molar-refractivity contribution in [3.63, 3.8) is 0 Å². The number of nitrogens with two attached hydrogens (primary N) is 1. The van der Waals surface area contributed by atoms with Crippen molar-refractivity contribution in [2.45, 2.75) is 18.6 Å². The van der Waals surface area contributed by atoms with Gasteiger partial charge in [0.05, 0.1) is 19.0 Å². The highest BCUT2D eigenvalue weighted by atomic mass is 16.3. The van der Waals surface area contributed by atoms with E-state index < -0.39 is 6.10 Å². The zero-order valence-corrected chi connectivity index (χ0v) is 9.06. The second-order valence-electron chi connectivity index (χ2n) is 4.30. The highest BCUT2D eigenvalue weighted by Gasteiger charge is 2.44. The smallest absolute Gasteiger partial charge is 0.165 e. The first-order valence-corrected chi connectivity index (χ1v) is 5.44. The monoisotopic (exact) mass is 235 g/mol. The third-order valence-electron chi connectivity index (χ3n) is 3.23. The standard InChI is InChI=1S/C10H13N5O2/c11-9-8-10(13-3-12-9)15(4-14-8)6-1-5(6)7(17)2-16/h3-7,16-17H,1-2H2,(H2,11,12,13)/t5-,6+,7-/m1/s1. The number of anilines is 1. The zero-order valence-electron chi connectivity index (χ0n) is 9.06. The summed E-state index contributed by atoms with van der Waals surface area (Å²) >= 11 is 0. The van der Waals surface area contributed by atoms with Gasteiger partial charge in [-0.2, -0.15) is 0 Å². The Morgan fingerprint density at radius 1 is 1.47 bits per heavy atom. The Morgan fingerprint density at radius 2 is 2.29 bits per heavy atom. The maximum Gasteiger partial charge on any atom is 0.165 e. The Bertz CT molecular complexity index is 555. The van der Waals surface area contributed by atoms with Gasteiger partial charge in [0.15, 0.2) is 11.5 Å². The molecule has 0 unspecified atom stereocenters. The highest BCUT2D eigenvalue weighted by Crippen LogP contribution is 2.46. The van der Waals surface area contributed by atoms with Crippen LogP contribution in [0.2, 0.25) is 0 Å². The van der Waals surface area contributed by atoms with Crippen molar-refractivity contribution in [2.24, 2.45) is 5.92 Å². The van der Waals surface area contributed by atoms with Crippen LogP contribution in [-0.2, 0) is 0 Å². The molecule has 0 radical (unpaired) electrons. The first kappa shape index (κ1) is 10.4. The molecule has 0 bridgehead atoms. The fourth-order valence-corrected chi connectivity index (χ4v) is 2.18. The molecule has 0 aromatic carbocycles. The summed E-state index contributed by atoms with van der Waals surface area (Å²) < 4.78 is 1.89. The quantitative estimate of drug-likeness (QED) is 0.650. The summed E-state index contributed by atoms with van der Waals surface area (Å²) in [6.07, 6.45) is 3.19. The summed E-state index contributed by atoms with van der Waals surface area (Å²) in [5.74, 6) is 0.419. The van der Waals surface area contributed by atoms with Crippen LogP contribution in [0.4, 0.5) is 5.82 Å². The first-order valence-electron chi connectivity index (χ1n) is 5.44. The van der Waals surface area contributed by atoms with Gasteiger partial charge in [0, 0.05) is 12.0 Å². The van der Waals surface area contributed by atoms with Crippen LogP contribution in [0.1, 0.15) is 12.5 Å². The van der Waals surface area contributed by atoms with Crippen LogP contribution in [0.15, 0.2) is 12.7 Å². The van der Waals surface area contributed by atoms with Gasteiger partial charge in [-0.3, -0.25) is 0 Å². The summed E-state index contributed by atoms with van der Waals surface area (Å²) in [7, 11) is 0. The number of fused-ring (bicyclic) bond motifs is 1. The van der Waals surface area contributed by atoms with Crippen LogP contribution >= 0.6 is 0 Å². The minimum absolute atomic E-state index is 0.0635.